The number of hydrogen-bond acceptors (Lipinski definition) is 2. The summed E-state index contributed by atoms with van der Waals surface area (Å²) in [4.78, 5) is 2.48. The molecule has 14 heavy (non-hydrogen) atoms. The van der Waals surface area contributed by atoms with Crippen LogP contribution in [0.5, 0.6) is 0 Å². The molecule has 1 aliphatic rings. The fourth-order valence-corrected chi connectivity index (χ4v) is 2.04. The number of likely N-dealkylation sites (tertiary alicyclic amines) is 1. The minimum atomic E-state index is 0.471. The highest BCUT2D eigenvalue weighted by Gasteiger charge is 2.19. The van der Waals surface area contributed by atoms with Crippen LogP contribution < -0.4 is 0 Å². The number of piperidine rings is 1. The third-order valence-corrected chi connectivity index (χ3v) is 2.90. The molecule has 1 rings (SSSR count). The van der Waals surface area contributed by atoms with Crippen LogP contribution in [0.25, 0.3) is 0 Å². The zero-order chi connectivity index (χ0) is 10.2. The van der Waals surface area contributed by atoms with Crippen LogP contribution in [0.4, 0.5) is 0 Å². The summed E-state index contributed by atoms with van der Waals surface area (Å²) in [6.07, 6.45) is 5.20. The van der Waals surface area contributed by atoms with Crippen molar-refractivity contribution in [1.82, 2.24) is 4.90 Å². The van der Waals surface area contributed by atoms with E-state index in [0.717, 1.165) is 38.4 Å². The number of hydrogen-bond donors (Lipinski definition) is 0. The van der Waals surface area contributed by atoms with Gasteiger partial charge in [0.2, 0.25) is 0 Å². The molecule has 0 saturated carbocycles. The van der Waals surface area contributed by atoms with Gasteiger partial charge >= 0.3 is 0 Å². The molecule has 0 amide bonds. The molecule has 0 aromatic carbocycles. The fourth-order valence-electron chi connectivity index (χ4n) is 1.92. The van der Waals surface area contributed by atoms with Gasteiger partial charge in [-0.15, -0.1) is 11.6 Å². The molecule has 0 aromatic rings. The molecule has 0 N–H and O–H groups in total. The van der Waals surface area contributed by atoms with E-state index in [1.54, 1.807) is 0 Å². The van der Waals surface area contributed by atoms with Crippen molar-refractivity contribution in [3.8, 4) is 0 Å². The predicted octanol–water partition coefficient (Wildman–Crippen LogP) is 2.51. The average molecular weight is 220 g/mol. The molecule has 2 nitrogen and oxygen atoms in total. The smallest absolute Gasteiger partial charge is 0.0702 e. The van der Waals surface area contributed by atoms with Crippen molar-refractivity contribution in [3.63, 3.8) is 0 Å². The zero-order valence-corrected chi connectivity index (χ0v) is 9.93. The van der Waals surface area contributed by atoms with E-state index in [-0.39, 0.29) is 0 Å². The number of ether oxygens (including phenoxy) is 1. The lowest BCUT2D eigenvalue weighted by molar-refractivity contribution is 0.000136. The predicted molar refractivity (Wildman–Crippen MR) is 61.0 cm³/mol. The highest BCUT2D eigenvalue weighted by atomic mass is 35.5. The minimum absolute atomic E-state index is 0.471. The second-order valence-electron chi connectivity index (χ2n) is 3.98. The first-order valence-electron chi connectivity index (χ1n) is 5.76. The van der Waals surface area contributed by atoms with Crippen molar-refractivity contribution in [2.45, 2.75) is 38.7 Å². The molecule has 1 aliphatic heterocycles. The second-order valence-corrected chi connectivity index (χ2v) is 4.36. The molecule has 1 atom stereocenters. The van der Waals surface area contributed by atoms with Crippen molar-refractivity contribution in [1.29, 1.82) is 0 Å². The lowest BCUT2D eigenvalue weighted by Crippen LogP contribution is -2.40. The Morgan fingerprint density at radius 1 is 1.50 bits per heavy atom. The molecular weight excluding hydrogens is 198 g/mol. The number of rotatable bonds is 6. The van der Waals surface area contributed by atoms with E-state index in [1.807, 2.05) is 0 Å². The van der Waals surface area contributed by atoms with Gasteiger partial charge in [0.1, 0.15) is 0 Å². The molecule has 0 spiro atoms. The molecule has 1 heterocycles. The summed E-state index contributed by atoms with van der Waals surface area (Å²) in [7, 11) is 0. The Hall–Kier alpha value is 0.210. The SMILES string of the molecule is CCCOC1CCCN(CCCCl)C1. The summed E-state index contributed by atoms with van der Waals surface area (Å²) in [6.45, 7) is 6.54. The van der Waals surface area contributed by atoms with E-state index in [9.17, 15) is 0 Å². The van der Waals surface area contributed by atoms with E-state index in [0.29, 0.717) is 6.10 Å². The van der Waals surface area contributed by atoms with Crippen LogP contribution in [0, 0.1) is 0 Å². The maximum Gasteiger partial charge on any atom is 0.0702 e. The summed E-state index contributed by atoms with van der Waals surface area (Å²) in [5, 5.41) is 0. The molecule has 0 bridgehead atoms. The van der Waals surface area contributed by atoms with Gasteiger partial charge in [0.15, 0.2) is 0 Å². The van der Waals surface area contributed by atoms with Crippen molar-refractivity contribution in [3.05, 3.63) is 0 Å². The van der Waals surface area contributed by atoms with Crippen LogP contribution in [0.15, 0.2) is 0 Å². The van der Waals surface area contributed by atoms with Gasteiger partial charge in [0, 0.05) is 19.0 Å². The molecule has 84 valence electrons. The number of alkyl halides is 1. The summed E-state index contributed by atoms with van der Waals surface area (Å²) >= 11 is 5.68. The van der Waals surface area contributed by atoms with Gasteiger partial charge in [0.05, 0.1) is 6.10 Å². The number of nitrogens with zero attached hydrogens (tertiary/aromatic N) is 1. The molecule has 0 aliphatic carbocycles. The molecule has 1 unspecified atom stereocenters. The van der Waals surface area contributed by atoms with Gasteiger partial charge in [-0.2, -0.15) is 0 Å². The highest BCUT2D eigenvalue weighted by molar-refractivity contribution is 6.17. The number of halogens is 1. The highest BCUT2D eigenvalue weighted by Crippen LogP contribution is 2.13. The first-order chi connectivity index (χ1) is 6.86. The Balaban J connectivity index is 2.14. The Bertz CT molecular complexity index is 129. The summed E-state index contributed by atoms with van der Waals surface area (Å²) in [5.41, 5.74) is 0. The van der Waals surface area contributed by atoms with Crippen molar-refractivity contribution >= 4 is 11.6 Å². The topological polar surface area (TPSA) is 12.5 Å². The average Bonchev–Trinajstić information content (AvgIpc) is 2.24. The molecular formula is C11H22ClNO. The fraction of sp³-hybridized carbons (Fsp3) is 1.00. The maximum absolute atomic E-state index is 5.77. The van der Waals surface area contributed by atoms with Crippen LogP contribution in [-0.4, -0.2) is 43.1 Å². The van der Waals surface area contributed by atoms with Gasteiger partial charge < -0.3 is 9.64 Å². The van der Waals surface area contributed by atoms with Gasteiger partial charge in [0.25, 0.3) is 0 Å². The standard InChI is InChI=1S/C11H22ClNO/c1-2-9-14-11-5-3-7-13(10-11)8-4-6-12/h11H,2-10H2,1H3. The van der Waals surface area contributed by atoms with E-state index in [4.69, 9.17) is 16.3 Å². The van der Waals surface area contributed by atoms with Crippen LogP contribution in [-0.2, 0) is 4.74 Å². The molecule has 0 radical (unpaired) electrons. The van der Waals surface area contributed by atoms with Gasteiger partial charge in [-0.3, -0.25) is 0 Å². The van der Waals surface area contributed by atoms with Crippen LogP contribution >= 0.6 is 11.6 Å². The van der Waals surface area contributed by atoms with E-state index in [1.165, 1.54) is 19.4 Å². The quantitative estimate of drug-likeness (QED) is 0.637. The van der Waals surface area contributed by atoms with Gasteiger partial charge in [-0.05, 0) is 38.8 Å². The summed E-state index contributed by atoms with van der Waals surface area (Å²) < 4.78 is 5.77. The largest absolute Gasteiger partial charge is 0.377 e. The monoisotopic (exact) mass is 219 g/mol. The lowest BCUT2D eigenvalue weighted by Gasteiger charge is -2.32. The normalized spacial score (nSPS) is 24.0. The van der Waals surface area contributed by atoms with E-state index < -0.39 is 0 Å². The van der Waals surface area contributed by atoms with E-state index >= 15 is 0 Å². The van der Waals surface area contributed by atoms with Gasteiger partial charge in [-0.25, -0.2) is 0 Å². The molecule has 3 heteroatoms. The Morgan fingerprint density at radius 3 is 3.07 bits per heavy atom. The zero-order valence-electron chi connectivity index (χ0n) is 9.17. The third kappa shape index (κ3) is 4.63. The summed E-state index contributed by atoms with van der Waals surface area (Å²) in [6, 6.07) is 0. The van der Waals surface area contributed by atoms with Crippen LogP contribution in [0.2, 0.25) is 0 Å². The second kappa shape index (κ2) is 7.49. The van der Waals surface area contributed by atoms with Crippen LogP contribution in [0.1, 0.15) is 32.6 Å². The van der Waals surface area contributed by atoms with Gasteiger partial charge in [-0.1, -0.05) is 6.92 Å². The molecule has 0 aromatic heterocycles. The Morgan fingerprint density at radius 2 is 2.36 bits per heavy atom. The van der Waals surface area contributed by atoms with Crippen molar-refractivity contribution in [2.24, 2.45) is 0 Å². The summed E-state index contributed by atoms with van der Waals surface area (Å²) in [5.74, 6) is 0.775. The van der Waals surface area contributed by atoms with Crippen LogP contribution in [0.3, 0.4) is 0 Å². The first-order valence-corrected chi connectivity index (χ1v) is 6.30. The molecule has 1 fully saturated rings. The maximum atomic E-state index is 5.77. The third-order valence-electron chi connectivity index (χ3n) is 2.63. The Kier molecular flexibility index (Phi) is 6.57. The minimum Gasteiger partial charge on any atom is -0.377 e. The van der Waals surface area contributed by atoms with Crippen molar-refractivity contribution in [2.75, 3.05) is 32.1 Å². The Labute approximate surface area is 92.6 Å². The first kappa shape index (κ1) is 12.3. The molecule has 1 saturated heterocycles. The van der Waals surface area contributed by atoms with Crippen molar-refractivity contribution < 1.29 is 4.74 Å². The lowest BCUT2D eigenvalue weighted by atomic mass is 10.1. The van der Waals surface area contributed by atoms with E-state index in [2.05, 4.69) is 11.8 Å².